The van der Waals surface area contributed by atoms with Crippen molar-refractivity contribution >= 4 is 11.7 Å². The number of alkyl halides is 2. The molecule has 2 saturated carbocycles. The van der Waals surface area contributed by atoms with Crippen molar-refractivity contribution in [1.29, 1.82) is 0 Å². The van der Waals surface area contributed by atoms with Gasteiger partial charge in [-0.1, -0.05) is 30.3 Å². The van der Waals surface area contributed by atoms with E-state index in [1.54, 1.807) is 11.8 Å². The van der Waals surface area contributed by atoms with E-state index >= 15 is 0 Å². The first-order chi connectivity index (χ1) is 16.2. The number of amides is 2. The molecule has 34 heavy (non-hydrogen) atoms. The van der Waals surface area contributed by atoms with Gasteiger partial charge in [-0.25, -0.2) is 4.79 Å². The minimum Gasteiger partial charge on any atom is -0.317 e. The SMILES string of the molecule is CN[C@]1(c2ccccc2)CC[C@]2(CC1)CN(c1cnc(C(C)(F)F)cc1C)C(=O)N2CC1CC1. The summed E-state index contributed by atoms with van der Waals surface area (Å²) < 4.78 is 27.6. The molecule has 2 aliphatic carbocycles. The van der Waals surface area contributed by atoms with Crippen molar-refractivity contribution in [2.75, 3.05) is 25.0 Å². The summed E-state index contributed by atoms with van der Waals surface area (Å²) in [6.07, 6.45) is 7.47. The number of carbonyl (C=O) groups is 1. The fourth-order valence-electron chi connectivity index (χ4n) is 5.90. The van der Waals surface area contributed by atoms with Crippen LogP contribution in [0.1, 0.15) is 62.3 Å². The molecule has 2 amide bonds. The fraction of sp³-hybridized carbons (Fsp3) is 0.556. The summed E-state index contributed by atoms with van der Waals surface area (Å²) in [4.78, 5) is 21.7. The third-order valence-electron chi connectivity index (χ3n) is 8.29. The fourth-order valence-corrected chi connectivity index (χ4v) is 5.90. The molecule has 0 unspecified atom stereocenters. The number of halogens is 2. The van der Waals surface area contributed by atoms with Crippen LogP contribution in [0.15, 0.2) is 42.6 Å². The largest absolute Gasteiger partial charge is 0.325 e. The molecule has 1 saturated heterocycles. The van der Waals surface area contributed by atoms with Gasteiger partial charge in [-0.15, -0.1) is 0 Å². The number of aryl methyl sites for hydroxylation is 1. The second kappa shape index (κ2) is 8.29. The number of anilines is 1. The van der Waals surface area contributed by atoms with Gasteiger partial charge in [0.2, 0.25) is 0 Å². The van der Waals surface area contributed by atoms with Crippen LogP contribution in [-0.4, -0.2) is 41.6 Å². The van der Waals surface area contributed by atoms with Crippen molar-refractivity contribution in [3.63, 3.8) is 0 Å². The molecule has 1 N–H and O–H groups in total. The van der Waals surface area contributed by atoms with Crippen LogP contribution in [0.4, 0.5) is 19.3 Å². The van der Waals surface area contributed by atoms with Gasteiger partial charge in [-0.3, -0.25) is 9.88 Å². The summed E-state index contributed by atoms with van der Waals surface area (Å²) in [5.74, 6) is -2.43. The Hall–Kier alpha value is -2.54. The van der Waals surface area contributed by atoms with Crippen LogP contribution in [0.5, 0.6) is 0 Å². The number of aromatic nitrogens is 1. The summed E-state index contributed by atoms with van der Waals surface area (Å²) in [5.41, 5.74) is 1.99. The Balaban J connectivity index is 1.44. The van der Waals surface area contributed by atoms with Gasteiger partial charge < -0.3 is 10.2 Å². The maximum Gasteiger partial charge on any atom is 0.325 e. The lowest BCUT2D eigenvalue weighted by Gasteiger charge is -2.48. The minimum absolute atomic E-state index is 0.00974. The van der Waals surface area contributed by atoms with Crippen LogP contribution in [0.25, 0.3) is 0 Å². The Labute approximate surface area is 200 Å². The number of hydrogen-bond donors (Lipinski definition) is 1. The second-order valence-corrected chi connectivity index (χ2v) is 10.6. The van der Waals surface area contributed by atoms with E-state index in [0.717, 1.165) is 39.2 Å². The van der Waals surface area contributed by atoms with Crippen LogP contribution >= 0.6 is 0 Å². The van der Waals surface area contributed by atoms with E-state index < -0.39 is 5.92 Å². The average molecular weight is 469 g/mol. The molecule has 182 valence electrons. The zero-order chi connectivity index (χ0) is 24.1. The number of nitrogens with one attached hydrogen (secondary N) is 1. The number of pyridine rings is 1. The molecule has 1 aromatic heterocycles. The molecule has 2 aromatic rings. The maximum absolute atomic E-state index is 13.8. The number of nitrogens with zero attached hydrogens (tertiary/aromatic N) is 3. The Morgan fingerprint density at radius 2 is 1.82 bits per heavy atom. The monoisotopic (exact) mass is 468 g/mol. The quantitative estimate of drug-likeness (QED) is 0.602. The van der Waals surface area contributed by atoms with Gasteiger partial charge >= 0.3 is 6.03 Å². The standard InChI is InChI=1S/C27H34F2N4O/c1-19-15-23(25(2,28)29)31-16-22(19)32-18-26(33(24(32)34)17-20-9-10-20)11-13-27(30-3,14-12-26)21-7-5-4-6-8-21/h4-8,15-16,20,30H,9-14,17-18H2,1-3H3/t26-,27+. The molecule has 0 atom stereocenters. The summed E-state index contributed by atoms with van der Waals surface area (Å²) >= 11 is 0. The highest BCUT2D eigenvalue weighted by Crippen LogP contribution is 2.49. The Morgan fingerprint density at radius 1 is 1.15 bits per heavy atom. The van der Waals surface area contributed by atoms with Crippen molar-refractivity contribution in [3.05, 3.63) is 59.4 Å². The zero-order valence-electron chi connectivity index (χ0n) is 20.3. The van der Waals surface area contributed by atoms with Crippen LogP contribution in [0, 0.1) is 12.8 Å². The highest BCUT2D eigenvalue weighted by molar-refractivity contribution is 5.96. The van der Waals surface area contributed by atoms with Gasteiger partial charge in [0.25, 0.3) is 5.92 Å². The van der Waals surface area contributed by atoms with Gasteiger partial charge in [-0.2, -0.15) is 8.78 Å². The molecule has 1 aromatic carbocycles. The van der Waals surface area contributed by atoms with E-state index in [2.05, 4.69) is 39.5 Å². The highest BCUT2D eigenvalue weighted by atomic mass is 19.3. The zero-order valence-corrected chi connectivity index (χ0v) is 20.3. The smallest absolute Gasteiger partial charge is 0.317 e. The molecular formula is C27H34F2N4O. The Bertz CT molecular complexity index is 1060. The van der Waals surface area contributed by atoms with E-state index in [0.29, 0.717) is 23.7 Å². The number of urea groups is 1. The first-order valence-electron chi connectivity index (χ1n) is 12.4. The van der Waals surface area contributed by atoms with Gasteiger partial charge in [0, 0.05) is 19.0 Å². The molecule has 3 aliphatic rings. The summed E-state index contributed by atoms with van der Waals surface area (Å²) in [7, 11) is 2.03. The number of carbonyl (C=O) groups excluding carboxylic acids is 1. The minimum atomic E-state index is -3.01. The van der Waals surface area contributed by atoms with Crippen molar-refractivity contribution in [3.8, 4) is 0 Å². The molecule has 0 bridgehead atoms. The van der Waals surface area contributed by atoms with Crippen molar-refractivity contribution in [1.82, 2.24) is 15.2 Å². The molecule has 3 fully saturated rings. The number of rotatable bonds is 6. The third kappa shape index (κ3) is 3.98. The van der Waals surface area contributed by atoms with Crippen molar-refractivity contribution < 1.29 is 13.6 Å². The third-order valence-corrected chi connectivity index (χ3v) is 8.29. The predicted molar refractivity (Wildman–Crippen MR) is 129 cm³/mol. The molecule has 1 spiro atoms. The van der Waals surface area contributed by atoms with E-state index in [1.807, 2.05) is 13.1 Å². The molecule has 0 radical (unpaired) electrons. The van der Waals surface area contributed by atoms with Crippen LogP contribution in [-0.2, 0) is 11.5 Å². The van der Waals surface area contributed by atoms with Gasteiger partial charge in [0.1, 0.15) is 5.69 Å². The average Bonchev–Trinajstić information content (AvgIpc) is 3.61. The number of benzene rings is 1. The van der Waals surface area contributed by atoms with Gasteiger partial charge in [-0.05, 0) is 75.6 Å². The lowest BCUT2D eigenvalue weighted by atomic mass is 9.69. The molecule has 7 heteroatoms. The summed E-state index contributed by atoms with van der Waals surface area (Å²) in [6, 6.07) is 12.0. The Kier molecular flexibility index (Phi) is 5.66. The van der Waals surface area contributed by atoms with E-state index in [-0.39, 0.29) is 22.8 Å². The molecule has 1 aliphatic heterocycles. The summed E-state index contributed by atoms with van der Waals surface area (Å²) in [6.45, 7) is 4.00. The Morgan fingerprint density at radius 3 is 2.38 bits per heavy atom. The molecule has 5 nitrogen and oxygen atoms in total. The van der Waals surface area contributed by atoms with E-state index in [1.165, 1.54) is 30.7 Å². The first kappa shape index (κ1) is 23.2. The van der Waals surface area contributed by atoms with Crippen LogP contribution in [0.2, 0.25) is 0 Å². The highest BCUT2D eigenvalue weighted by Gasteiger charge is 2.55. The normalized spacial score (nSPS) is 27.6. The summed E-state index contributed by atoms with van der Waals surface area (Å²) in [5, 5.41) is 3.59. The second-order valence-electron chi connectivity index (χ2n) is 10.6. The van der Waals surface area contributed by atoms with Gasteiger partial charge in [0.05, 0.1) is 24.0 Å². The van der Waals surface area contributed by atoms with E-state index in [4.69, 9.17) is 0 Å². The van der Waals surface area contributed by atoms with Crippen LogP contribution in [0.3, 0.4) is 0 Å². The van der Waals surface area contributed by atoms with Gasteiger partial charge in [0.15, 0.2) is 0 Å². The lowest BCUT2D eigenvalue weighted by Crippen LogP contribution is -2.55. The molecular weight excluding hydrogens is 434 g/mol. The molecule has 2 heterocycles. The molecule has 5 rings (SSSR count). The maximum atomic E-state index is 13.8. The topological polar surface area (TPSA) is 48.5 Å². The van der Waals surface area contributed by atoms with Crippen molar-refractivity contribution in [2.45, 2.75) is 69.4 Å². The van der Waals surface area contributed by atoms with Crippen molar-refractivity contribution in [2.24, 2.45) is 5.92 Å². The first-order valence-corrected chi connectivity index (χ1v) is 12.4. The lowest BCUT2D eigenvalue weighted by molar-refractivity contribution is 0.0127. The predicted octanol–water partition coefficient (Wildman–Crippen LogP) is 5.58. The number of hydrogen-bond acceptors (Lipinski definition) is 3. The van der Waals surface area contributed by atoms with Crippen LogP contribution < -0.4 is 10.2 Å². The van der Waals surface area contributed by atoms with E-state index in [9.17, 15) is 13.6 Å².